The molecule has 2 heterocycles. The molecule has 0 aliphatic carbocycles. The van der Waals surface area contributed by atoms with E-state index < -0.39 is 0 Å². The number of benzene rings is 1. The molecule has 0 spiro atoms. The van der Waals surface area contributed by atoms with E-state index in [1.165, 1.54) is 4.88 Å². The van der Waals surface area contributed by atoms with Gasteiger partial charge in [0.1, 0.15) is 0 Å². The van der Waals surface area contributed by atoms with Crippen molar-refractivity contribution in [3.05, 3.63) is 51.7 Å². The van der Waals surface area contributed by atoms with E-state index in [0.29, 0.717) is 18.4 Å². The van der Waals surface area contributed by atoms with Gasteiger partial charge in [-0.25, -0.2) is 4.79 Å². The molecule has 1 aliphatic rings. The number of nitrogens with zero attached hydrogens (tertiary/aromatic N) is 1. The molecule has 1 saturated heterocycles. The summed E-state index contributed by atoms with van der Waals surface area (Å²) in [5.74, 6) is 0.967. The van der Waals surface area contributed by atoms with Crippen molar-refractivity contribution in [1.29, 1.82) is 0 Å². The van der Waals surface area contributed by atoms with E-state index in [-0.39, 0.29) is 6.03 Å². The molecule has 2 atom stereocenters. The lowest BCUT2D eigenvalue weighted by Gasteiger charge is -2.18. The zero-order valence-corrected chi connectivity index (χ0v) is 15.3. The maximum absolute atomic E-state index is 12.3. The largest absolute Gasteiger partial charge is 0.338 e. The lowest BCUT2D eigenvalue weighted by molar-refractivity contribution is 0.249. The topological polar surface area (TPSA) is 44.4 Å². The second kappa shape index (κ2) is 7.36. The van der Waals surface area contributed by atoms with Crippen LogP contribution >= 0.6 is 11.3 Å². The van der Waals surface area contributed by atoms with Gasteiger partial charge in [-0.3, -0.25) is 0 Å². The summed E-state index contributed by atoms with van der Waals surface area (Å²) in [5, 5.41) is 8.17. The van der Waals surface area contributed by atoms with Crippen molar-refractivity contribution in [3.63, 3.8) is 0 Å². The summed E-state index contributed by atoms with van der Waals surface area (Å²) in [6.45, 7) is 6.82. The summed E-state index contributed by atoms with van der Waals surface area (Å²) in [6.07, 6.45) is 0. The first kappa shape index (κ1) is 17.0. The molecule has 2 amide bonds. The molecule has 1 aromatic carbocycles. The van der Waals surface area contributed by atoms with Gasteiger partial charge in [-0.15, -0.1) is 11.3 Å². The summed E-state index contributed by atoms with van der Waals surface area (Å²) >= 11 is 1.81. The highest BCUT2D eigenvalue weighted by Gasteiger charge is 2.32. The standard InChI is InChI=1S/C19H25N3OS/c1-13-6-7-14(2)17(9-13)21-19(23)20-10-15-11-22(3)12-16(15)18-5-4-8-24-18/h4-9,15-16H,10-12H2,1-3H3,(H2,20,21,23). The molecule has 128 valence electrons. The summed E-state index contributed by atoms with van der Waals surface area (Å²) in [4.78, 5) is 16.0. The van der Waals surface area contributed by atoms with Crippen molar-refractivity contribution in [3.8, 4) is 0 Å². The predicted octanol–water partition coefficient (Wildman–Crippen LogP) is 3.83. The molecular weight excluding hydrogens is 318 g/mol. The van der Waals surface area contributed by atoms with Crippen molar-refractivity contribution < 1.29 is 4.79 Å². The van der Waals surface area contributed by atoms with Crippen molar-refractivity contribution in [2.24, 2.45) is 5.92 Å². The third-order valence-electron chi connectivity index (χ3n) is 4.70. The van der Waals surface area contributed by atoms with Gasteiger partial charge in [0.25, 0.3) is 0 Å². The Kier molecular flexibility index (Phi) is 5.21. The van der Waals surface area contributed by atoms with Gasteiger partial charge in [-0.1, -0.05) is 18.2 Å². The number of carbonyl (C=O) groups excluding carboxylic acids is 1. The Hall–Kier alpha value is -1.85. The molecule has 2 unspecified atom stereocenters. The van der Waals surface area contributed by atoms with E-state index in [1.807, 2.05) is 37.3 Å². The van der Waals surface area contributed by atoms with Crippen molar-refractivity contribution >= 4 is 23.1 Å². The van der Waals surface area contributed by atoms with Crippen LogP contribution in [-0.2, 0) is 0 Å². The van der Waals surface area contributed by atoms with Crippen LogP contribution in [0.3, 0.4) is 0 Å². The smallest absolute Gasteiger partial charge is 0.319 e. The number of thiophene rings is 1. The Labute approximate surface area is 147 Å². The third kappa shape index (κ3) is 3.97. The minimum atomic E-state index is -0.122. The molecule has 0 bridgehead atoms. The van der Waals surface area contributed by atoms with Crippen LogP contribution in [0.1, 0.15) is 21.9 Å². The zero-order chi connectivity index (χ0) is 17.1. The highest BCUT2D eigenvalue weighted by atomic mass is 32.1. The highest BCUT2D eigenvalue weighted by Crippen LogP contribution is 2.34. The summed E-state index contributed by atoms with van der Waals surface area (Å²) in [6, 6.07) is 10.3. The van der Waals surface area contributed by atoms with Crippen LogP contribution in [0.5, 0.6) is 0 Å². The molecule has 24 heavy (non-hydrogen) atoms. The number of likely N-dealkylation sites (tertiary alicyclic amines) is 1. The van der Waals surface area contributed by atoms with Crippen LogP contribution in [0.2, 0.25) is 0 Å². The molecule has 5 heteroatoms. The van der Waals surface area contributed by atoms with Crippen LogP contribution in [0.25, 0.3) is 0 Å². The predicted molar refractivity (Wildman–Crippen MR) is 101 cm³/mol. The molecule has 0 radical (unpaired) electrons. The Morgan fingerprint density at radius 1 is 1.29 bits per heavy atom. The van der Waals surface area contributed by atoms with Gasteiger partial charge in [0.15, 0.2) is 0 Å². The zero-order valence-electron chi connectivity index (χ0n) is 14.5. The first-order chi connectivity index (χ1) is 11.5. The van der Waals surface area contributed by atoms with Gasteiger partial charge in [-0.05, 0) is 55.5 Å². The van der Waals surface area contributed by atoms with Crippen molar-refractivity contribution in [2.75, 3.05) is 32.0 Å². The Balaban J connectivity index is 1.58. The molecule has 1 aromatic heterocycles. The first-order valence-corrected chi connectivity index (χ1v) is 9.25. The van der Waals surface area contributed by atoms with Gasteiger partial charge in [0.05, 0.1) is 0 Å². The van der Waals surface area contributed by atoms with Crippen LogP contribution in [0.15, 0.2) is 35.7 Å². The van der Waals surface area contributed by atoms with Crippen LogP contribution in [0.4, 0.5) is 10.5 Å². The number of aryl methyl sites for hydroxylation is 2. The lowest BCUT2D eigenvalue weighted by Crippen LogP contribution is -2.35. The summed E-state index contributed by atoms with van der Waals surface area (Å²) < 4.78 is 0. The normalized spacial score (nSPS) is 21.0. The molecule has 4 nitrogen and oxygen atoms in total. The summed E-state index contributed by atoms with van der Waals surface area (Å²) in [5.41, 5.74) is 3.10. The van der Waals surface area contributed by atoms with E-state index in [0.717, 1.165) is 29.9 Å². The van der Waals surface area contributed by atoms with Gasteiger partial charge in [0.2, 0.25) is 0 Å². The Bertz CT molecular complexity index is 699. The average molecular weight is 343 g/mol. The molecule has 0 saturated carbocycles. The molecule has 1 fully saturated rings. The number of anilines is 1. The van der Waals surface area contributed by atoms with Gasteiger partial charge >= 0.3 is 6.03 Å². The number of urea groups is 1. The van der Waals surface area contributed by atoms with E-state index in [2.05, 4.69) is 46.2 Å². The first-order valence-electron chi connectivity index (χ1n) is 8.37. The van der Waals surface area contributed by atoms with Gasteiger partial charge < -0.3 is 15.5 Å². The van der Waals surface area contributed by atoms with E-state index >= 15 is 0 Å². The molecule has 3 rings (SSSR count). The second-order valence-corrected chi connectivity index (χ2v) is 7.74. The van der Waals surface area contributed by atoms with E-state index in [4.69, 9.17) is 0 Å². The maximum Gasteiger partial charge on any atom is 0.319 e. The van der Waals surface area contributed by atoms with Gasteiger partial charge in [-0.2, -0.15) is 0 Å². The van der Waals surface area contributed by atoms with Crippen molar-refractivity contribution in [2.45, 2.75) is 19.8 Å². The maximum atomic E-state index is 12.3. The van der Waals surface area contributed by atoms with E-state index in [9.17, 15) is 4.79 Å². The monoisotopic (exact) mass is 343 g/mol. The van der Waals surface area contributed by atoms with E-state index in [1.54, 1.807) is 0 Å². The number of likely N-dealkylation sites (N-methyl/N-ethyl adjacent to an activating group) is 1. The number of amides is 2. The van der Waals surface area contributed by atoms with Gasteiger partial charge in [0, 0.05) is 36.1 Å². The number of hydrogen-bond donors (Lipinski definition) is 2. The van der Waals surface area contributed by atoms with Crippen molar-refractivity contribution in [1.82, 2.24) is 10.2 Å². The molecule has 2 N–H and O–H groups in total. The Morgan fingerprint density at radius 3 is 2.88 bits per heavy atom. The number of hydrogen-bond acceptors (Lipinski definition) is 3. The van der Waals surface area contributed by atoms with Crippen LogP contribution < -0.4 is 10.6 Å². The lowest BCUT2D eigenvalue weighted by atomic mass is 9.94. The van der Waals surface area contributed by atoms with Crippen LogP contribution in [0, 0.1) is 19.8 Å². The quantitative estimate of drug-likeness (QED) is 0.886. The number of rotatable bonds is 4. The fourth-order valence-electron chi connectivity index (χ4n) is 3.38. The summed E-state index contributed by atoms with van der Waals surface area (Å²) in [7, 11) is 2.15. The number of carbonyl (C=O) groups is 1. The molecular formula is C19H25N3OS. The third-order valence-corrected chi connectivity index (χ3v) is 5.70. The second-order valence-electron chi connectivity index (χ2n) is 6.76. The number of nitrogens with one attached hydrogen (secondary N) is 2. The minimum Gasteiger partial charge on any atom is -0.338 e. The highest BCUT2D eigenvalue weighted by molar-refractivity contribution is 7.10. The fraction of sp³-hybridized carbons (Fsp3) is 0.421. The molecule has 1 aliphatic heterocycles. The molecule has 2 aromatic rings. The Morgan fingerprint density at radius 2 is 2.12 bits per heavy atom. The SMILES string of the molecule is Cc1ccc(C)c(NC(=O)NCC2CN(C)CC2c2cccs2)c1. The fourth-order valence-corrected chi connectivity index (χ4v) is 4.29. The van der Waals surface area contributed by atoms with Crippen LogP contribution in [-0.4, -0.2) is 37.6 Å². The average Bonchev–Trinajstić information content (AvgIpc) is 3.18. The minimum absolute atomic E-state index is 0.122.